The minimum Gasteiger partial charge on any atom is -0.497 e. The van der Waals surface area contributed by atoms with Gasteiger partial charge in [0, 0.05) is 23.6 Å². The van der Waals surface area contributed by atoms with E-state index in [9.17, 15) is 8.42 Å². The number of sulfonamides is 1. The summed E-state index contributed by atoms with van der Waals surface area (Å²) < 4.78 is 44.9. The molecule has 0 fully saturated rings. The van der Waals surface area contributed by atoms with E-state index >= 15 is 0 Å². The third-order valence-corrected chi connectivity index (χ3v) is 7.32. The van der Waals surface area contributed by atoms with Crippen molar-refractivity contribution in [3.05, 3.63) is 83.4 Å². The Balaban J connectivity index is 1.85. The maximum atomic E-state index is 13.7. The van der Waals surface area contributed by atoms with Crippen LogP contribution in [0, 0.1) is 6.92 Å². The van der Waals surface area contributed by atoms with E-state index in [0.717, 1.165) is 16.7 Å². The van der Waals surface area contributed by atoms with E-state index in [4.69, 9.17) is 14.2 Å². The van der Waals surface area contributed by atoms with Gasteiger partial charge in [-0.3, -0.25) is 0 Å². The Hall–Kier alpha value is -3.52. The number of para-hydroxylation sites is 1. The van der Waals surface area contributed by atoms with Crippen molar-refractivity contribution < 1.29 is 22.6 Å². The van der Waals surface area contributed by atoms with Crippen LogP contribution in [0.3, 0.4) is 0 Å². The Morgan fingerprint density at radius 1 is 0.879 bits per heavy atom. The van der Waals surface area contributed by atoms with Crippen LogP contribution >= 0.6 is 0 Å². The zero-order valence-corrected chi connectivity index (χ0v) is 19.8. The molecule has 3 aromatic rings. The lowest BCUT2D eigenvalue weighted by molar-refractivity contribution is 0.350. The van der Waals surface area contributed by atoms with Crippen LogP contribution in [-0.2, 0) is 10.0 Å². The maximum absolute atomic E-state index is 13.7. The first-order chi connectivity index (χ1) is 15.9. The van der Waals surface area contributed by atoms with Gasteiger partial charge in [-0.2, -0.15) is 17.9 Å². The number of aryl methyl sites for hydroxylation is 1. The zero-order chi connectivity index (χ0) is 23.6. The SMILES string of the molecule is COc1cc(OC)cc(C2=NN(S(=O)(=O)c3ccc(C)cc3)C(c3ccccc3OC)C2)c1. The second-order valence-electron chi connectivity index (χ2n) is 7.70. The molecule has 1 aliphatic heterocycles. The van der Waals surface area contributed by atoms with E-state index in [-0.39, 0.29) is 4.90 Å². The Morgan fingerprint density at radius 3 is 2.12 bits per heavy atom. The fourth-order valence-electron chi connectivity index (χ4n) is 3.85. The summed E-state index contributed by atoms with van der Waals surface area (Å²) in [6.45, 7) is 1.91. The average molecular weight is 467 g/mol. The molecule has 0 saturated heterocycles. The second-order valence-corrected chi connectivity index (χ2v) is 9.50. The Morgan fingerprint density at radius 2 is 1.52 bits per heavy atom. The van der Waals surface area contributed by atoms with E-state index in [1.807, 2.05) is 43.3 Å². The number of ether oxygens (including phenoxy) is 3. The predicted octanol–water partition coefficient (Wildman–Crippen LogP) is 4.56. The van der Waals surface area contributed by atoms with Gasteiger partial charge in [0.2, 0.25) is 0 Å². The molecule has 0 bridgehead atoms. The third-order valence-electron chi connectivity index (χ3n) is 5.62. The fraction of sp³-hybridized carbons (Fsp3) is 0.240. The minimum absolute atomic E-state index is 0.182. The van der Waals surface area contributed by atoms with Crippen LogP contribution in [0.4, 0.5) is 0 Å². The molecule has 1 heterocycles. The molecular formula is C25H26N2O5S. The van der Waals surface area contributed by atoms with Gasteiger partial charge >= 0.3 is 0 Å². The third kappa shape index (κ3) is 4.39. The summed E-state index contributed by atoms with van der Waals surface area (Å²) >= 11 is 0. The summed E-state index contributed by atoms with van der Waals surface area (Å²) in [7, 11) is 0.789. The maximum Gasteiger partial charge on any atom is 0.279 e. The van der Waals surface area contributed by atoms with Crippen molar-refractivity contribution in [2.75, 3.05) is 21.3 Å². The number of benzene rings is 3. The van der Waals surface area contributed by atoms with Crippen LogP contribution in [0.2, 0.25) is 0 Å². The molecule has 33 heavy (non-hydrogen) atoms. The lowest BCUT2D eigenvalue weighted by atomic mass is 9.98. The van der Waals surface area contributed by atoms with Gasteiger partial charge in [0.1, 0.15) is 17.2 Å². The highest BCUT2D eigenvalue weighted by Crippen LogP contribution is 2.41. The van der Waals surface area contributed by atoms with Gasteiger partial charge < -0.3 is 14.2 Å². The van der Waals surface area contributed by atoms with Crippen molar-refractivity contribution >= 4 is 15.7 Å². The first kappa shape index (κ1) is 22.7. The molecule has 0 N–H and O–H groups in total. The van der Waals surface area contributed by atoms with E-state index in [1.54, 1.807) is 51.7 Å². The summed E-state index contributed by atoms with van der Waals surface area (Å²) in [5.74, 6) is 1.80. The van der Waals surface area contributed by atoms with E-state index in [1.165, 1.54) is 4.41 Å². The number of hydrazone groups is 1. The molecule has 0 radical (unpaired) electrons. The van der Waals surface area contributed by atoms with Crippen LogP contribution in [0.5, 0.6) is 17.2 Å². The lowest BCUT2D eigenvalue weighted by Crippen LogP contribution is -2.27. The topological polar surface area (TPSA) is 77.4 Å². The molecule has 1 aliphatic rings. The Bertz CT molecular complexity index is 1260. The van der Waals surface area contributed by atoms with Crippen molar-refractivity contribution in [1.29, 1.82) is 0 Å². The molecule has 1 atom stereocenters. The molecule has 0 saturated carbocycles. The molecule has 172 valence electrons. The molecule has 0 amide bonds. The summed E-state index contributed by atoms with van der Waals surface area (Å²) in [4.78, 5) is 0.182. The highest BCUT2D eigenvalue weighted by atomic mass is 32.2. The molecular weight excluding hydrogens is 440 g/mol. The van der Waals surface area contributed by atoms with Crippen LogP contribution in [0.25, 0.3) is 0 Å². The van der Waals surface area contributed by atoms with Crippen LogP contribution < -0.4 is 14.2 Å². The summed E-state index contributed by atoms with van der Waals surface area (Å²) in [5, 5.41) is 4.61. The minimum atomic E-state index is -3.92. The van der Waals surface area contributed by atoms with Gasteiger partial charge in [-0.05, 0) is 37.3 Å². The highest BCUT2D eigenvalue weighted by Gasteiger charge is 2.39. The Kier molecular flexibility index (Phi) is 6.29. The van der Waals surface area contributed by atoms with Crippen molar-refractivity contribution in [2.24, 2.45) is 5.10 Å². The normalized spacial score (nSPS) is 15.8. The smallest absolute Gasteiger partial charge is 0.279 e. The standard InChI is InChI=1S/C25H26N2O5S/c1-17-9-11-21(12-10-17)33(28,29)27-24(22-7-5-6-8-25(22)32-4)16-23(26-27)18-13-19(30-2)15-20(14-18)31-3/h5-15,24H,16H2,1-4H3. The number of hydrogen-bond acceptors (Lipinski definition) is 6. The van der Waals surface area contributed by atoms with E-state index in [0.29, 0.717) is 29.4 Å². The summed E-state index contributed by atoms with van der Waals surface area (Å²) in [5.41, 5.74) is 3.06. The fourth-order valence-corrected chi connectivity index (χ4v) is 5.28. The zero-order valence-electron chi connectivity index (χ0n) is 19.0. The largest absolute Gasteiger partial charge is 0.497 e. The summed E-state index contributed by atoms with van der Waals surface area (Å²) in [6.07, 6.45) is 0.363. The monoisotopic (exact) mass is 466 g/mol. The molecule has 0 spiro atoms. The second kappa shape index (κ2) is 9.15. The molecule has 4 rings (SSSR count). The van der Waals surface area contributed by atoms with Crippen LogP contribution in [-0.4, -0.2) is 39.9 Å². The molecule has 3 aromatic carbocycles. The molecule has 0 aliphatic carbocycles. The van der Waals surface area contributed by atoms with E-state index in [2.05, 4.69) is 5.10 Å². The van der Waals surface area contributed by atoms with Crippen molar-refractivity contribution in [2.45, 2.75) is 24.3 Å². The van der Waals surface area contributed by atoms with Crippen molar-refractivity contribution in [1.82, 2.24) is 4.41 Å². The van der Waals surface area contributed by atoms with Crippen molar-refractivity contribution in [3.63, 3.8) is 0 Å². The first-order valence-corrected chi connectivity index (χ1v) is 11.9. The first-order valence-electron chi connectivity index (χ1n) is 10.4. The quantitative estimate of drug-likeness (QED) is 0.510. The molecule has 1 unspecified atom stereocenters. The average Bonchev–Trinajstić information content (AvgIpc) is 3.30. The molecule has 8 heteroatoms. The lowest BCUT2D eigenvalue weighted by Gasteiger charge is -2.24. The van der Waals surface area contributed by atoms with Gasteiger partial charge in [0.05, 0.1) is 38.0 Å². The number of rotatable bonds is 7. The van der Waals surface area contributed by atoms with Gasteiger partial charge in [0.15, 0.2) is 0 Å². The van der Waals surface area contributed by atoms with Crippen molar-refractivity contribution in [3.8, 4) is 17.2 Å². The number of hydrogen-bond donors (Lipinski definition) is 0. The van der Waals surface area contributed by atoms with Gasteiger partial charge in [-0.1, -0.05) is 35.9 Å². The van der Waals surface area contributed by atoms with E-state index < -0.39 is 16.1 Å². The number of nitrogens with zero attached hydrogens (tertiary/aromatic N) is 2. The van der Waals surface area contributed by atoms with Crippen LogP contribution in [0.15, 0.2) is 76.7 Å². The van der Waals surface area contributed by atoms with Gasteiger partial charge in [-0.15, -0.1) is 0 Å². The van der Waals surface area contributed by atoms with Gasteiger partial charge in [-0.25, -0.2) is 0 Å². The Labute approximate surface area is 194 Å². The molecule has 0 aromatic heterocycles. The summed E-state index contributed by atoms with van der Waals surface area (Å²) in [6, 6.07) is 19.0. The predicted molar refractivity (Wildman–Crippen MR) is 127 cm³/mol. The molecule has 7 nitrogen and oxygen atoms in total. The number of methoxy groups -OCH3 is 3. The van der Waals surface area contributed by atoms with Gasteiger partial charge in [0.25, 0.3) is 10.0 Å². The highest BCUT2D eigenvalue weighted by molar-refractivity contribution is 7.89. The van der Waals surface area contributed by atoms with Crippen LogP contribution in [0.1, 0.15) is 29.2 Å².